The van der Waals surface area contributed by atoms with Gasteiger partial charge in [-0.25, -0.2) is 0 Å². The molecular formula is C28H32Cl2N2O2. The smallest absolute Gasteiger partial charge is 0.127 e. The molecule has 1 aliphatic rings. The van der Waals surface area contributed by atoms with Crippen molar-refractivity contribution in [3.63, 3.8) is 0 Å². The van der Waals surface area contributed by atoms with Crippen molar-refractivity contribution in [1.82, 2.24) is 9.80 Å². The molecule has 0 saturated carbocycles. The van der Waals surface area contributed by atoms with Crippen molar-refractivity contribution >= 4 is 24.8 Å². The lowest BCUT2D eigenvalue weighted by atomic mass is 10.2. The van der Waals surface area contributed by atoms with Crippen LogP contribution in [0.1, 0.15) is 11.1 Å². The highest BCUT2D eigenvalue weighted by atomic mass is 35.5. The monoisotopic (exact) mass is 498 g/mol. The summed E-state index contributed by atoms with van der Waals surface area (Å²) in [5.41, 5.74) is 2.21. The predicted molar refractivity (Wildman–Crippen MR) is 143 cm³/mol. The van der Waals surface area contributed by atoms with E-state index >= 15 is 0 Å². The van der Waals surface area contributed by atoms with Crippen LogP contribution in [0, 0.1) is 11.8 Å². The highest BCUT2D eigenvalue weighted by Gasteiger charge is 2.15. The van der Waals surface area contributed by atoms with Gasteiger partial charge in [0, 0.05) is 38.3 Å². The first kappa shape index (κ1) is 27.7. The third-order valence-electron chi connectivity index (χ3n) is 5.47. The number of nitrogens with zero attached hydrogens (tertiary/aromatic N) is 2. The fourth-order valence-corrected chi connectivity index (χ4v) is 3.65. The Labute approximate surface area is 215 Å². The van der Waals surface area contributed by atoms with E-state index in [1.54, 1.807) is 0 Å². The topological polar surface area (TPSA) is 24.9 Å². The zero-order chi connectivity index (χ0) is 21.8. The van der Waals surface area contributed by atoms with Crippen LogP contribution in [0.2, 0.25) is 0 Å². The minimum Gasteiger partial charge on any atom is -0.457 e. The van der Waals surface area contributed by atoms with Crippen LogP contribution in [0.15, 0.2) is 84.9 Å². The summed E-state index contributed by atoms with van der Waals surface area (Å²) in [7, 11) is 0. The zero-order valence-corrected chi connectivity index (χ0v) is 20.9. The maximum absolute atomic E-state index is 5.94. The van der Waals surface area contributed by atoms with Gasteiger partial charge in [-0.2, -0.15) is 0 Å². The van der Waals surface area contributed by atoms with Crippen molar-refractivity contribution in [1.29, 1.82) is 0 Å². The number of benzene rings is 3. The normalized spacial score (nSPS) is 13.6. The van der Waals surface area contributed by atoms with Crippen molar-refractivity contribution < 1.29 is 9.47 Å². The summed E-state index contributed by atoms with van der Waals surface area (Å²) in [6, 6.07) is 28.1. The lowest BCUT2D eigenvalue weighted by Crippen LogP contribution is -2.47. The molecule has 0 aromatic heterocycles. The molecule has 3 aromatic carbocycles. The molecule has 0 radical (unpaired) electrons. The molecule has 0 unspecified atom stereocenters. The predicted octanol–water partition coefficient (Wildman–Crippen LogP) is 5.51. The van der Waals surface area contributed by atoms with E-state index in [-0.39, 0.29) is 24.8 Å². The molecule has 1 fully saturated rings. The van der Waals surface area contributed by atoms with Gasteiger partial charge < -0.3 is 9.47 Å². The Kier molecular flexibility index (Phi) is 12.6. The molecule has 3 aromatic rings. The van der Waals surface area contributed by atoms with Gasteiger partial charge in [-0.05, 0) is 42.0 Å². The molecule has 6 heteroatoms. The van der Waals surface area contributed by atoms with E-state index in [0.717, 1.165) is 68.5 Å². The van der Waals surface area contributed by atoms with E-state index in [0.29, 0.717) is 6.61 Å². The Hall–Kier alpha value is -2.52. The molecule has 0 N–H and O–H groups in total. The number of piperazine rings is 1. The quantitative estimate of drug-likeness (QED) is 0.302. The van der Waals surface area contributed by atoms with Crippen LogP contribution in [0.5, 0.6) is 11.5 Å². The van der Waals surface area contributed by atoms with Gasteiger partial charge in [-0.3, -0.25) is 9.80 Å². The van der Waals surface area contributed by atoms with Gasteiger partial charge in [0.15, 0.2) is 0 Å². The molecule has 1 saturated heterocycles. The number of para-hydroxylation sites is 1. The zero-order valence-electron chi connectivity index (χ0n) is 19.3. The molecule has 0 atom stereocenters. The maximum atomic E-state index is 5.94. The molecule has 34 heavy (non-hydrogen) atoms. The average molecular weight is 499 g/mol. The fraction of sp³-hybridized carbons (Fsp3) is 0.286. The van der Waals surface area contributed by atoms with Crippen LogP contribution in [-0.2, 0) is 11.3 Å². The highest BCUT2D eigenvalue weighted by molar-refractivity contribution is 5.85. The molecule has 4 nitrogen and oxygen atoms in total. The van der Waals surface area contributed by atoms with Crippen molar-refractivity contribution in [2.75, 3.05) is 45.9 Å². The summed E-state index contributed by atoms with van der Waals surface area (Å²) < 4.78 is 11.8. The number of ether oxygens (including phenoxy) is 2. The van der Waals surface area contributed by atoms with Crippen LogP contribution < -0.4 is 4.74 Å². The Morgan fingerprint density at radius 1 is 0.706 bits per heavy atom. The summed E-state index contributed by atoms with van der Waals surface area (Å²) in [4.78, 5) is 4.89. The third kappa shape index (κ3) is 9.38. The van der Waals surface area contributed by atoms with Crippen LogP contribution in [0.4, 0.5) is 0 Å². The minimum absolute atomic E-state index is 0. The Morgan fingerprint density at radius 3 is 2.09 bits per heavy atom. The first-order valence-corrected chi connectivity index (χ1v) is 11.2. The summed E-state index contributed by atoms with van der Waals surface area (Å²) in [6.07, 6.45) is 0. The van der Waals surface area contributed by atoms with E-state index in [4.69, 9.17) is 9.47 Å². The second-order valence-corrected chi connectivity index (χ2v) is 7.90. The molecule has 0 spiro atoms. The van der Waals surface area contributed by atoms with Gasteiger partial charge in [-0.15, -0.1) is 24.8 Å². The third-order valence-corrected chi connectivity index (χ3v) is 5.47. The number of rotatable bonds is 8. The lowest BCUT2D eigenvalue weighted by Gasteiger charge is -2.33. The molecule has 1 heterocycles. The summed E-state index contributed by atoms with van der Waals surface area (Å²) in [5, 5.41) is 0. The second kappa shape index (κ2) is 15.4. The van der Waals surface area contributed by atoms with E-state index in [1.807, 2.05) is 66.7 Å². The summed E-state index contributed by atoms with van der Waals surface area (Å²) in [6.45, 7) is 7.38. The summed E-state index contributed by atoms with van der Waals surface area (Å²) >= 11 is 0. The van der Waals surface area contributed by atoms with Crippen molar-refractivity contribution in [3.8, 4) is 23.3 Å². The van der Waals surface area contributed by atoms with Crippen molar-refractivity contribution in [2.24, 2.45) is 0 Å². The molecule has 0 aliphatic carbocycles. The molecule has 0 bridgehead atoms. The van der Waals surface area contributed by atoms with Gasteiger partial charge in [0.1, 0.15) is 11.5 Å². The Morgan fingerprint density at radius 2 is 1.35 bits per heavy atom. The maximum Gasteiger partial charge on any atom is 0.127 e. The fourth-order valence-electron chi connectivity index (χ4n) is 3.65. The molecule has 1 aliphatic heterocycles. The van der Waals surface area contributed by atoms with E-state index in [2.05, 4.69) is 39.8 Å². The van der Waals surface area contributed by atoms with Crippen LogP contribution >= 0.6 is 24.8 Å². The van der Waals surface area contributed by atoms with Crippen LogP contribution in [0.25, 0.3) is 0 Å². The second-order valence-electron chi connectivity index (χ2n) is 7.90. The SMILES string of the molecule is C(#Cc1ccccc1)CN1CCN(CCOCc2cccc(Oc3ccccc3)c2)CC1.Cl.Cl. The Balaban J connectivity index is 0.00000204. The van der Waals surface area contributed by atoms with Crippen LogP contribution in [0.3, 0.4) is 0 Å². The first-order valence-electron chi connectivity index (χ1n) is 11.2. The first-order chi connectivity index (χ1) is 15.8. The van der Waals surface area contributed by atoms with E-state index in [9.17, 15) is 0 Å². The van der Waals surface area contributed by atoms with Gasteiger partial charge >= 0.3 is 0 Å². The Bertz CT molecular complexity index is 1010. The van der Waals surface area contributed by atoms with Crippen molar-refractivity contribution in [2.45, 2.75) is 6.61 Å². The summed E-state index contributed by atoms with van der Waals surface area (Å²) in [5.74, 6) is 8.22. The number of hydrogen-bond acceptors (Lipinski definition) is 4. The highest BCUT2D eigenvalue weighted by Crippen LogP contribution is 2.22. The largest absolute Gasteiger partial charge is 0.457 e. The average Bonchev–Trinajstić information content (AvgIpc) is 2.84. The number of halogens is 2. The van der Waals surface area contributed by atoms with Gasteiger partial charge in [0.25, 0.3) is 0 Å². The standard InChI is InChI=1S/C28H30N2O2.2ClH/c1-3-9-25(10-4-1)12-8-16-29-17-19-30(20-18-29)21-22-31-24-26-11-7-15-28(23-26)32-27-13-5-2-6-14-27;;/h1-7,9-11,13-15,23H,16-22,24H2;2*1H. The lowest BCUT2D eigenvalue weighted by molar-refractivity contribution is 0.0714. The van der Waals surface area contributed by atoms with Crippen molar-refractivity contribution in [3.05, 3.63) is 96.1 Å². The van der Waals surface area contributed by atoms with Gasteiger partial charge in [0.05, 0.1) is 19.8 Å². The van der Waals surface area contributed by atoms with E-state index < -0.39 is 0 Å². The molecular weight excluding hydrogens is 467 g/mol. The van der Waals surface area contributed by atoms with Gasteiger partial charge in [-0.1, -0.05) is 60.4 Å². The molecule has 180 valence electrons. The number of hydrogen-bond donors (Lipinski definition) is 0. The molecule has 4 rings (SSSR count). The van der Waals surface area contributed by atoms with E-state index in [1.165, 1.54) is 0 Å². The van der Waals surface area contributed by atoms with Crippen LogP contribution in [-0.4, -0.2) is 55.7 Å². The minimum atomic E-state index is 0. The van der Waals surface area contributed by atoms with Gasteiger partial charge in [0.2, 0.25) is 0 Å². The molecule has 0 amide bonds.